The first-order valence-electron chi connectivity index (χ1n) is 9.37. The molecule has 1 aliphatic heterocycles. The average Bonchev–Trinajstić information content (AvgIpc) is 3.24. The van der Waals surface area contributed by atoms with Gasteiger partial charge in [0.1, 0.15) is 4.90 Å². The molecular weight excluding hydrogens is 410 g/mol. The molecule has 0 spiro atoms. The van der Waals surface area contributed by atoms with E-state index in [1.54, 1.807) is 42.8 Å². The van der Waals surface area contributed by atoms with Crippen molar-refractivity contribution in [2.75, 3.05) is 10.8 Å². The lowest BCUT2D eigenvalue weighted by atomic mass is 10.1. The highest BCUT2D eigenvalue weighted by molar-refractivity contribution is 7.93. The van der Waals surface area contributed by atoms with Gasteiger partial charge in [-0.1, -0.05) is 41.9 Å². The number of para-hydroxylation sites is 1. The van der Waals surface area contributed by atoms with Crippen molar-refractivity contribution in [3.63, 3.8) is 0 Å². The number of aliphatic hydroxyl groups excluding tert-OH is 1. The van der Waals surface area contributed by atoms with E-state index >= 15 is 0 Å². The van der Waals surface area contributed by atoms with Gasteiger partial charge < -0.3 is 5.11 Å². The van der Waals surface area contributed by atoms with E-state index < -0.39 is 16.1 Å². The maximum absolute atomic E-state index is 13.4. The van der Waals surface area contributed by atoms with Crippen molar-refractivity contribution in [2.24, 2.45) is 0 Å². The lowest BCUT2D eigenvalue weighted by molar-refractivity contribution is 0.150. The highest BCUT2D eigenvalue weighted by Gasteiger charge is 2.35. The highest BCUT2D eigenvalue weighted by atomic mass is 35.5. The van der Waals surface area contributed by atoms with Crippen molar-refractivity contribution in [2.45, 2.75) is 37.8 Å². The topological polar surface area (TPSA) is 75.4 Å². The van der Waals surface area contributed by atoms with Gasteiger partial charge in [-0.05, 0) is 49.6 Å². The summed E-state index contributed by atoms with van der Waals surface area (Å²) in [7, 11) is -3.75. The molecule has 6 nitrogen and oxygen atoms in total. The first-order chi connectivity index (χ1) is 13.8. The lowest BCUT2D eigenvalue weighted by Gasteiger charge is -2.20. The molecule has 29 heavy (non-hydrogen) atoms. The van der Waals surface area contributed by atoms with Crippen molar-refractivity contribution in [1.82, 2.24) is 9.78 Å². The van der Waals surface area contributed by atoms with Gasteiger partial charge in [-0.2, -0.15) is 5.10 Å². The van der Waals surface area contributed by atoms with Crippen molar-refractivity contribution in [3.05, 3.63) is 76.1 Å². The molecule has 8 heteroatoms. The molecule has 1 aromatic heterocycles. The van der Waals surface area contributed by atoms with Gasteiger partial charge in [-0.3, -0.25) is 8.99 Å². The number of nitrogens with zero attached hydrogens (tertiary/aromatic N) is 3. The molecule has 0 amide bonds. The summed E-state index contributed by atoms with van der Waals surface area (Å²) in [4.78, 5) is 0.206. The summed E-state index contributed by atoms with van der Waals surface area (Å²) < 4.78 is 29.9. The smallest absolute Gasteiger partial charge is 0.268 e. The highest BCUT2D eigenvalue weighted by Crippen LogP contribution is 2.34. The van der Waals surface area contributed by atoms with Crippen LogP contribution in [0.5, 0.6) is 0 Å². The van der Waals surface area contributed by atoms with E-state index in [1.807, 2.05) is 24.3 Å². The number of fused-ring (bicyclic) bond motifs is 1. The Bertz CT molecular complexity index is 1160. The van der Waals surface area contributed by atoms with Gasteiger partial charge >= 0.3 is 0 Å². The Hall–Kier alpha value is -2.35. The van der Waals surface area contributed by atoms with Crippen LogP contribution in [0.1, 0.15) is 28.6 Å². The van der Waals surface area contributed by atoms with Gasteiger partial charge in [0.2, 0.25) is 0 Å². The molecule has 3 aromatic rings. The fourth-order valence-corrected chi connectivity index (χ4v) is 5.86. The minimum absolute atomic E-state index is 0.153. The zero-order valence-corrected chi connectivity index (χ0v) is 17.8. The Balaban J connectivity index is 1.66. The molecule has 0 saturated heterocycles. The Kier molecular flexibility index (Phi) is 5.14. The summed E-state index contributed by atoms with van der Waals surface area (Å²) in [6, 6.07) is 14.5. The summed E-state index contributed by atoms with van der Waals surface area (Å²) in [5, 5.41) is 15.6. The third kappa shape index (κ3) is 3.54. The zero-order chi connectivity index (χ0) is 20.8. The van der Waals surface area contributed by atoms with Gasteiger partial charge in [-0.15, -0.1) is 0 Å². The van der Waals surface area contributed by atoms with Crippen LogP contribution in [0.4, 0.5) is 5.69 Å². The Morgan fingerprint density at radius 3 is 2.55 bits per heavy atom. The number of benzene rings is 2. The lowest BCUT2D eigenvalue weighted by Crippen LogP contribution is -2.30. The van der Waals surface area contributed by atoms with Crippen LogP contribution in [0.2, 0.25) is 5.02 Å². The molecule has 2 aromatic carbocycles. The predicted octanol–water partition coefficient (Wildman–Crippen LogP) is 3.64. The molecule has 0 bridgehead atoms. The Morgan fingerprint density at radius 2 is 1.83 bits per heavy atom. The number of anilines is 1. The number of halogens is 1. The molecule has 152 valence electrons. The number of hydrogen-bond donors (Lipinski definition) is 1. The SMILES string of the molecule is Cc1nn(C[C@@H](O)c2ccc(Cl)cc2)c(C)c1S(=O)(=O)N1CCc2ccccc21. The van der Waals surface area contributed by atoms with Gasteiger partial charge in [0, 0.05) is 11.6 Å². The minimum Gasteiger partial charge on any atom is -0.386 e. The summed E-state index contributed by atoms with van der Waals surface area (Å²) in [5.74, 6) is 0. The number of aliphatic hydroxyl groups is 1. The fourth-order valence-electron chi connectivity index (χ4n) is 3.85. The normalized spacial score (nSPS) is 14.8. The fraction of sp³-hybridized carbons (Fsp3) is 0.286. The third-order valence-corrected chi connectivity index (χ3v) is 7.63. The molecule has 2 heterocycles. The summed E-state index contributed by atoms with van der Waals surface area (Å²) in [6.45, 7) is 3.98. The van der Waals surface area contributed by atoms with Crippen LogP contribution < -0.4 is 4.31 Å². The first kappa shape index (κ1) is 19.9. The minimum atomic E-state index is -3.75. The van der Waals surface area contributed by atoms with E-state index in [0.29, 0.717) is 34.9 Å². The summed E-state index contributed by atoms with van der Waals surface area (Å²) >= 11 is 5.90. The van der Waals surface area contributed by atoms with Crippen LogP contribution in [0.25, 0.3) is 0 Å². The van der Waals surface area contributed by atoms with E-state index in [1.165, 1.54) is 4.31 Å². The van der Waals surface area contributed by atoms with E-state index in [0.717, 1.165) is 11.3 Å². The Morgan fingerprint density at radius 1 is 1.14 bits per heavy atom. The van der Waals surface area contributed by atoms with Gasteiger partial charge in [0.05, 0.1) is 29.7 Å². The zero-order valence-electron chi connectivity index (χ0n) is 16.2. The van der Waals surface area contributed by atoms with Gasteiger partial charge in [0.15, 0.2) is 0 Å². The molecule has 1 atom stereocenters. The van der Waals surface area contributed by atoms with Crippen molar-refractivity contribution in [3.8, 4) is 0 Å². The average molecular weight is 432 g/mol. The van der Waals surface area contributed by atoms with Crippen LogP contribution in [0.3, 0.4) is 0 Å². The maximum Gasteiger partial charge on any atom is 0.268 e. The summed E-state index contributed by atoms with van der Waals surface area (Å²) in [5.41, 5.74) is 3.38. The molecular formula is C21H22ClN3O3S. The van der Waals surface area contributed by atoms with Crippen molar-refractivity contribution >= 4 is 27.3 Å². The largest absolute Gasteiger partial charge is 0.386 e. The number of aryl methyl sites for hydroxylation is 1. The van der Waals surface area contributed by atoms with Crippen LogP contribution in [-0.2, 0) is 23.0 Å². The number of aromatic nitrogens is 2. The number of rotatable bonds is 5. The van der Waals surface area contributed by atoms with Crippen LogP contribution in [0.15, 0.2) is 53.4 Å². The number of sulfonamides is 1. The number of hydrogen-bond acceptors (Lipinski definition) is 4. The molecule has 0 saturated carbocycles. The standard InChI is InChI=1S/C21H22ClN3O3S/c1-14-21(29(27,28)25-12-11-16-5-3-4-6-19(16)25)15(2)24(23-14)13-20(26)17-7-9-18(22)10-8-17/h3-10,20,26H,11-13H2,1-2H3/t20-/m1/s1. The van der Waals surface area contributed by atoms with Crippen LogP contribution in [-0.4, -0.2) is 29.8 Å². The predicted molar refractivity (Wildman–Crippen MR) is 113 cm³/mol. The summed E-state index contributed by atoms with van der Waals surface area (Å²) in [6.07, 6.45) is -0.134. The second kappa shape index (κ2) is 7.48. The van der Waals surface area contributed by atoms with E-state index in [4.69, 9.17) is 11.6 Å². The quantitative estimate of drug-likeness (QED) is 0.669. The molecule has 0 aliphatic carbocycles. The van der Waals surface area contributed by atoms with Crippen molar-refractivity contribution in [1.29, 1.82) is 0 Å². The molecule has 0 radical (unpaired) electrons. The van der Waals surface area contributed by atoms with Crippen LogP contribution in [0, 0.1) is 13.8 Å². The van der Waals surface area contributed by atoms with Crippen LogP contribution >= 0.6 is 11.6 Å². The molecule has 1 N–H and O–H groups in total. The third-order valence-electron chi connectivity index (χ3n) is 5.31. The molecule has 4 rings (SSSR count). The molecule has 1 aliphatic rings. The molecule has 0 fully saturated rings. The van der Waals surface area contributed by atoms with Gasteiger partial charge in [0.25, 0.3) is 10.0 Å². The van der Waals surface area contributed by atoms with E-state index in [-0.39, 0.29) is 11.4 Å². The van der Waals surface area contributed by atoms with Gasteiger partial charge in [-0.25, -0.2) is 8.42 Å². The molecule has 0 unspecified atom stereocenters. The van der Waals surface area contributed by atoms with Crippen molar-refractivity contribution < 1.29 is 13.5 Å². The van der Waals surface area contributed by atoms with E-state index in [2.05, 4.69) is 5.10 Å². The Labute approximate surface area is 175 Å². The maximum atomic E-state index is 13.4. The second-order valence-electron chi connectivity index (χ2n) is 7.21. The van der Waals surface area contributed by atoms with E-state index in [9.17, 15) is 13.5 Å². The first-order valence-corrected chi connectivity index (χ1v) is 11.2. The monoisotopic (exact) mass is 431 g/mol. The second-order valence-corrected chi connectivity index (χ2v) is 9.44.